The van der Waals surface area contributed by atoms with Crippen molar-refractivity contribution >= 4 is 0 Å². The molecule has 0 fully saturated rings. The van der Waals surface area contributed by atoms with Gasteiger partial charge in [-0.1, -0.05) is 44.7 Å². The van der Waals surface area contributed by atoms with E-state index in [1.165, 1.54) is 0 Å². The molecule has 0 spiro atoms. The second kappa shape index (κ2) is 3.29. The summed E-state index contributed by atoms with van der Waals surface area (Å²) in [6.45, 7) is 11.5. The molecule has 0 aromatic heterocycles. The maximum Gasteiger partial charge on any atom is 0.000484 e. The summed E-state index contributed by atoms with van der Waals surface area (Å²) in [6.07, 6.45) is 7.67. The third-order valence-corrected chi connectivity index (χ3v) is 1.19. The van der Waals surface area contributed by atoms with Gasteiger partial charge >= 0.3 is 0 Å². The molecule has 0 aliphatic carbocycles. The van der Waals surface area contributed by atoms with Crippen molar-refractivity contribution in [1.29, 1.82) is 0 Å². The molecule has 0 aromatic rings. The monoisotopic (exact) mass is 122 g/mol. The first-order valence-electron chi connectivity index (χ1n) is 3.06. The Balaban J connectivity index is 3.99. The highest BCUT2D eigenvalue weighted by atomic mass is 14.1. The van der Waals surface area contributed by atoms with Crippen LogP contribution in [0.4, 0.5) is 0 Å². The largest absolute Gasteiger partial charge is 0.102 e. The van der Waals surface area contributed by atoms with Crippen LogP contribution in [0.25, 0.3) is 0 Å². The van der Waals surface area contributed by atoms with Crippen molar-refractivity contribution in [3.63, 3.8) is 0 Å². The van der Waals surface area contributed by atoms with E-state index in [1.54, 1.807) is 6.08 Å². The van der Waals surface area contributed by atoms with Gasteiger partial charge in [-0.05, 0) is 0 Å². The van der Waals surface area contributed by atoms with Gasteiger partial charge in [-0.25, -0.2) is 0 Å². The summed E-state index contributed by atoms with van der Waals surface area (Å²) in [7, 11) is 0. The maximum absolute atomic E-state index is 3.70. The quantitative estimate of drug-likeness (QED) is 0.399. The van der Waals surface area contributed by atoms with Crippen molar-refractivity contribution in [1.82, 2.24) is 0 Å². The van der Waals surface area contributed by atoms with Gasteiger partial charge < -0.3 is 0 Å². The topological polar surface area (TPSA) is 0 Å². The molecular weight excluding hydrogens is 108 g/mol. The van der Waals surface area contributed by atoms with E-state index >= 15 is 0 Å². The molecule has 0 rings (SSSR count). The smallest absolute Gasteiger partial charge is 0.000484 e. The standard InChI is InChI=1S/C9H14/c1-5-7-8-9(3,4)6-2/h5-8H,1-2H2,3-4H3/b8-7-. The van der Waals surface area contributed by atoms with Gasteiger partial charge in [-0.3, -0.25) is 0 Å². The van der Waals surface area contributed by atoms with Crippen LogP contribution in [0.5, 0.6) is 0 Å². The number of rotatable bonds is 3. The normalized spacial score (nSPS) is 11.8. The van der Waals surface area contributed by atoms with Crippen molar-refractivity contribution < 1.29 is 0 Å². The molecule has 0 aromatic carbocycles. The van der Waals surface area contributed by atoms with Crippen molar-refractivity contribution in [2.75, 3.05) is 0 Å². The summed E-state index contributed by atoms with van der Waals surface area (Å²) >= 11 is 0. The van der Waals surface area contributed by atoms with Gasteiger partial charge in [0.15, 0.2) is 0 Å². The number of hydrogen-bond acceptors (Lipinski definition) is 0. The van der Waals surface area contributed by atoms with Crippen LogP contribution < -0.4 is 0 Å². The van der Waals surface area contributed by atoms with Gasteiger partial charge in [0.2, 0.25) is 0 Å². The lowest BCUT2D eigenvalue weighted by Crippen LogP contribution is -2.00. The van der Waals surface area contributed by atoms with Gasteiger partial charge in [0.25, 0.3) is 0 Å². The predicted octanol–water partition coefficient (Wildman–Crippen LogP) is 2.94. The minimum Gasteiger partial charge on any atom is -0.102 e. The van der Waals surface area contributed by atoms with Gasteiger partial charge in [-0.15, -0.1) is 6.58 Å². The van der Waals surface area contributed by atoms with Crippen LogP contribution >= 0.6 is 0 Å². The van der Waals surface area contributed by atoms with Crippen LogP contribution in [0.2, 0.25) is 0 Å². The molecule has 0 heteroatoms. The lowest BCUT2D eigenvalue weighted by Gasteiger charge is -2.11. The Bertz CT molecular complexity index is 127. The van der Waals surface area contributed by atoms with Gasteiger partial charge in [0.1, 0.15) is 0 Å². The van der Waals surface area contributed by atoms with Gasteiger partial charge in [-0.2, -0.15) is 0 Å². The van der Waals surface area contributed by atoms with Crippen LogP contribution in [-0.2, 0) is 0 Å². The minimum atomic E-state index is 0.105. The Hall–Kier alpha value is -0.780. The fraction of sp³-hybridized carbons (Fsp3) is 0.333. The van der Waals surface area contributed by atoms with Crippen molar-refractivity contribution in [2.45, 2.75) is 13.8 Å². The Kier molecular flexibility index (Phi) is 3.00. The summed E-state index contributed by atoms with van der Waals surface area (Å²) in [4.78, 5) is 0. The van der Waals surface area contributed by atoms with Crippen molar-refractivity contribution in [3.8, 4) is 0 Å². The summed E-state index contributed by atoms with van der Waals surface area (Å²) in [5, 5.41) is 0. The molecule has 9 heavy (non-hydrogen) atoms. The molecule has 0 saturated heterocycles. The van der Waals surface area contributed by atoms with Crippen LogP contribution in [0.15, 0.2) is 37.5 Å². The van der Waals surface area contributed by atoms with Gasteiger partial charge in [0, 0.05) is 5.41 Å². The molecule has 50 valence electrons. The zero-order valence-corrected chi connectivity index (χ0v) is 6.22. The third kappa shape index (κ3) is 3.77. The highest BCUT2D eigenvalue weighted by Gasteiger charge is 2.04. The Labute approximate surface area is 57.6 Å². The lowest BCUT2D eigenvalue weighted by molar-refractivity contribution is 0.628. The average molecular weight is 122 g/mol. The van der Waals surface area contributed by atoms with Gasteiger partial charge in [0.05, 0.1) is 0 Å². The molecule has 0 amide bonds. The van der Waals surface area contributed by atoms with Crippen LogP contribution in [0.1, 0.15) is 13.8 Å². The number of hydrogen-bond donors (Lipinski definition) is 0. The first kappa shape index (κ1) is 8.22. The SMILES string of the molecule is C=C/C=C\C(C)(C)C=C. The zero-order valence-electron chi connectivity index (χ0n) is 6.22. The molecule has 0 saturated carbocycles. The lowest BCUT2D eigenvalue weighted by atomic mass is 9.93. The first-order chi connectivity index (χ1) is 4.12. The van der Waals surface area contributed by atoms with E-state index in [1.807, 2.05) is 12.2 Å². The van der Waals surface area contributed by atoms with E-state index in [2.05, 4.69) is 33.1 Å². The van der Waals surface area contributed by atoms with E-state index < -0.39 is 0 Å². The van der Waals surface area contributed by atoms with Crippen LogP contribution in [0.3, 0.4) is 0 Å². The fourth-order valence-electron chi connectivity index (χ4n) is 0.384. The molecule has 0 nitrogen and oxygen atoms in total. The van der Waals surface area contributed by atoms with Crippen molar-refractivity contribution in [3.05, 3.63) is 37.5 Å². The second-order valence-corrected chi connectivity index (χ2v) is 2.62. The summed E-state index contributed by atoms with van der Waals surface area (Å²) in [6, 6.07) is 0. The molecule has 0 aliphatic rings. The first-order valence-corrected chi connectivity index (χ1v) is 3.06. The molecule has 0 N–H and O–H groups in total. The van der Waals surface area contributed by atoms with E-state index in [0.29, 0.717) is 0 Å². The summed E-state index contributed by atoms with van der Waals surface area (Å²) in [5.41, 5.74) is 0.105. The molecule has 0 heterocycles. The Morgan fingerprint density at radius 1 is 1.22 bits per heavy atom. The Morgan fingerprint density at radius 2 is 1.78 bits per heavy atom. The second-order valence-electron chi connectivity index (χ2n) is 2.62. The van der Waals surface area contributed by atoms with E-state index in [0.717, 1.165) is 0 Å². The fourth-order valence-corrected chi connectivity index (χ4v) is 0.384. The average Bonchev–Trinajstić information content (AvgIpc) is 1.84. The molecule has 0 aliphatic heterocycles. The maximum atomic E-state index is 3.70. The van der Waals surface area contributed by atoms with E-state index in [9.17, 15) is 0 Å². The highest BCUT2D eigenvalue weighted by Crippen LogP contribution is 2.17. The van der Waals surface area contributed by atoms with Crippen LogP contribution in [-0.4, -0.2) is 0 Å². The van der Waals surface area contributed by atoms with E-state index in [4.69, 9.17) is 0 Å². The Morgan fingerprint density at radius 3 is 2.11 bits per heavy atom. The van der Waals surface area contributed by atoms with E-state index in [-0.39, 0.29) is 5.41 Å². The molecular formula is C9H14. The zero-order chi connectivity index (χ0) is 7.33. The molecule has 0 radical (unpaired) electrons. The minimum absolute atomic E-state index is 0.105. The predicted molar refractivity (Wildman–Crippen MR) is 43.3 cm³/mol. The molecule has 0 bridgehead atoms. The summed E-state index contributed by atoms with van der Waals surface area (Å²) < 4.78 is 0. The highest BCUT2D eigenvalue weighted by molar-refractivity contribution is 5.09. The van der Waals surface area contributed by atoms with Crippen LogP contribution in [0, 0.1) is 5.41 Å². The number of allylic oxidation sites excluding steroid dienone is 4. The summed E-state index contributed by atoms with van der Waals surface area (Å²) in [5.74, 6) is 0. The van der Waals surface area contributed by atoms with Crippen molar-refractivity contribution in [2.24, 2.45) is 5.41 Å². The third-order valence-electron chi connectivity index (χ3n) is 1.19. The molecule has 0 unspecified atom stereocenters. The molecule has 0 atom stereocenters.